The Kier molecular flexibility index (Phi) is 5.46. The highest BCUT2D eigenvalue weighted by Crippen LogP contribution is 2.55. The van der Waals surface area contributed by atoms with Crippen molar-refractivity contribution in [1.29, 1.82) is 0 Å². The molecule has 0 aromatic heterocycles. The highest BCUT2D eigenvalue weighted by atomic mass is 19.1. The van der Waals surface area contributed by atoms with Crippen molar-refractivity contribution in [3.8, 4) is 5.75 Å². The van der Waals surface area contributed by atoms with Crippen LogP contribution in [-0.2, 0) is 19.2 Å². The number of Topliss-reactive ketones (excluding diaryl/α,β-unsaturated/α-hetero) is 1. The molecule has 3 aliphatic carbocycles. The van der Waals surface area contributed by atoms with E-state index in [0.29, 0.717) is 11.1 Å². The van der Waals surface area contributed by atoms with Crippen LogP contribution in [0.25, 0.3) is 0 Å². The number of imide groups is 1. The lowest BCUT2D eigenvalue weighted by molar-refractivity contribution is -0.384. The molecular weight excluding hydrogens is 507 g/mol. The number of nitrogens with zero attached hydrogens (tertiary/aromatic N) is 2. The third kappa shape index (κ3) is 3.58. The fourth-order valence-electron chi connectivity index (χ4n) is 6.46. The second kappa shape index (κ2) is 8.65. The second-order valence-corrected chi connectivity index (χ2v) is 10.2. The summed E-state index contributed by atoms with van der Waals surface area (Å²) in [7, 11) is 0. The molecule has 4 unspecified atom stereocenters. The minimum atomic E-state index is -0.892. The molecule has 1 N–H and O–H groups in total. The fraction of sp³-hybridized carbons (Fsp3) is 0.241. The van der Waals surface area contributed by atoms with Gasteiger partial charge < -0.3 is 5.11 Å². The van der Waals surface area contributed by atoms with Gasteiger partial charge in [-0.15, -0.1) is 0 Å². The van der Waals surface area contributed by atoms with Crippen LogP contribution in [0.4, 0.5) is 15.8 Å². The first-order chi connectivity index (χ1) is 18.6. The number of phenolic OH excluding ortho intramolecular Hbond substituents is 1. The molecule has 0 spiro atoms. The average molecular weight is 528 g/mol. The molecule has 0 saturated carbocycles. The maximum absolute atomic E-state index is 14.5. The number of anilines is 1. The molecule has 1 heterocycles. The van der Waals surface area contributed by atoms with Gasteiger partial charge in [0, 0.05) is 34.8 Å². The molecule has 1 fully saturated rings. The Morgan fingerprint density at radius 1 is 1.05 bits per heavy atom. The van der Waals surface area contributed by atoms with Crippen molar-refractivity contribution in [2.75, 3.05) is 4.90 Å². The van der Waals surface area contributed by atoms with Crippen LogP contribution in [0.15, 0.2) is 76.9 Å². The van der Waals surface area contributed by atoms with E-state index < -0.39 is 52.0 Å². The molecule has 1 aliphatic heterocycles. The van der Waals surface area contributed by atoms with Crippen molar-refractivity contribution < 1.29 is 33.6 Å². The van der Waals surface area contributed by atoms with Crippen LogP contribution in [0.2, 0.25) is 0 Å². The zero-order valence-electron chi connectivity index (χ0n) is 20.6. The van der Waals surface area contributed by atoms with E-state index >= 15 is 0 Å². The Balaban J connectivity index is 1.48. The Morgan fingerprint density at radius 2 is 1.82 bits per heavy atom. The van der Waals surface area contributed by atoms with Crippen LogP contribution in [-0.4, -0.2) is 33.4 Å². The van der Waals surface area contributed by atoms with Gasteiger partial charge in [0.1, 0.15) is 0 Å². The Morgan fingerprint density at radius 3 is 2.54 bits per heavy atom. The van der Waals surface area contributed by atoms with Gasteiger partial charge in [0.05, 0.1) is 22.4 Å². The molecule has 9 nitrogen and oxygen atoms in total. The fourth-order valence-corrected chi connectivity index (χ4v) is 6.46. The maximum Gasteiger partial charge on any atom is 0.271 e. The molecule has 2 amide bonds. The SMILES string of the molecule is CC1=CC(=O)C2=C(CC3C(=CCC4C(=O)N(c5cccc([N+](=O)[O-])c5)C(=O)C43)C2c2ccc(O)c(F)c2)C1=O. The average Bonchev–Trinajstić information content (AvgIpc) is 3.17. The molecule has 4 aliphatic rings. The summed E-state index contributed by atoms with van der Waals surface area (Å²) in [6.07, 6.45) is 3.27. The van der Waals surface area contributed by atoms with E-state index in [1.165, 1.54) is 49.4 Å². The lowest BCUT2D eigenvalue weighted by Gasteiger charge is -2.42. The van der Waals surface area contributed by atoms with Crippen LogP contribution in [0.3, 0.4) is 0 Å². The number of fused-ring (bicyclic) bond motifs is 3. The molecule has 0 bridgehead atoms. The van der Waals surface area contributed by atoms with Crippen molar-refractivity contribution in [3.63, 3.8) is 0 Å². The number of allylic oxidation sites excluding steroid dienone is 6. The number of ketones is 2. The zero-order valence-corrected chi connectivity index (χ0v) is 20.6. The van der Waals surface area contributed by atoms with Gasteiger partial charge in [-0.2, -0.15) is 0 Å². The smallest absolute Gasteiger partial charge is 0.271 e. The van der Waals surface area contributed by atoms with Crippen LogP contribution in [0.5, 0.6) is 5.75 Å². The van der Waals surface area contributed by atoms with E-state index in [1.807, 2.05) is 0 Å². The summed E-state index contributed by atoms with van der Waals surface area (Å²) in [6, 6.07) is 9.04. The number of benzene rings is 2. The number of phenols is 1. The number of nitro groups is 1. The van der Waals surface area contributed by atoms with Gasteiger partial charge in [-0.05, 0) is 55.5 Å². The summed E-state index contributed by atoms with van der Waals surface area (Å²) in [5.74, 6) is -6.31. The van der Waals surface area contributed by atoms with Crippen LogP contribution < -0.4 is 4.90 Å². The van der Waals surface area contributed by atoms with Gasteiger partial charge in [0.2, 0.25) is 11.8 Å². The molecule has 1 saturated heterocycles. The molecule has 4 atom stereocenters. The minimum absolute atomic E-state index is 0.0525. The van der Waals surface area contributed by atoms with E-state index in [-0.39, 0.29) is 52.5 Å². The number of carbonyl (C=O) groups is 4. The van der Waals surface area contributed by atoms with E-state index in [2.05, 4.69) is 0 Å². The summed E-state index contributed by atoms with van der Waals surface area (Å²) in [5.41, 5.74) is 1.49. The Labute approximate surface area is 221 Å². The molecule has 2 aromatic carbocycles. The van der Waals surface area contributed by atoms with Crippen LogP contribution in [0.1, 0.15) is 31.2 Å². The van der Waals surface area contributed by atoms with Gasteiger partial charge in [-0.3, -0.25) is 29.3 Å². The molecule has 2 aromatic rings. The molecule has 6 rings (SSSR count). The van der Waals surface area contributed by atoms with E-state index in [4.69, 9.17) is 0 Å². The standard InChI is InChI=1S/C29H21FN2O7/c1-13-9-23(34)26-20(27(13)35)12-19-17(24(26)14-5-8-22(33)21(30)10-14)6-7-18-25(19)29(37)31(28(18)36)15-3-2-4-16(11-15)32(38)39/h2-6,8-11,18-19,24-25,33H,7,12H2,1H3. The molecule has 10 heteroatoms. The predicted molar refractivity (Wildman–Crippen MR) is 135 cm³/mol. The van der Waals surface area contributed by atoms with Gasteiger partial charge in [0.25, 0.3) is 5.69 Å². The van der Waals surface area contributed by atoms with Crippen LogP contribution in [0, 0.1) is 33.7 Å². The number of aromatic hydroxyl groups is 1. The number of amides is 2. The van der Waals surface area contributed by atoms with Crippen LogP contribution >= 0.6 is 0 Å². The molecule has 196 valence electrons. The monoisotopic (exact) mass is 528 g/mol. The van der Waals surface area contributed by atoms with Crippen molar-refractivity contribution in [2.24, 2.45) is 17.8 Å². The van der Waals surface area contributed by atoms with E-state index in [9.17, 15) is 38.8 Å². The Hall–Kier alpha value is -4.73. The number of nitro benzene ring substituents is 1. The molecular formula is C29H21FN2O7. The number of rotatable bonds is 3. The van der Waals surface area contributed by atoms with Gasteiger partial charge in [-0.25, -0.2) is 9.29 Å². The van der Waals surface area contributed by atoms with Crippen molar-refractivity contribution >= 4 is 34.8 Å². The number of halogens is 1. The van der Waals surface area contributed by atoms with Crippen molar-refractivity contribution in [1.82, 2.24) is 0 Å². The largest absolute Gasteiger partial charge is 0.505 e. The Bertz CT molecular complexity index is 1640. The number of carbonyl (C=O) groups excluding carboxylic acids is 4. The first-order valence-corrected chi connectivity index (χ1v) is 12.4. The zero-order chi connectivity index (χ0) is 27.7. The van der Waals surface area contributed by atoms with Gasteiger partial charge in [-0.1, -0.05) is 23.8 Å². The van der Waals surface area contributed by atoms with E-state index in [1.54, 1.807) is 6.08 Å². The summed E-state index contributed by atoms with van der Waals surface area (Å²) >= 11 is 0. The lowest BCUT2D eigenvalue weighted by atomic mass is 9.59. The third-order valence-corrected chi connectivity index (χ3v) is 8.17. The first kappa shape index (κ1) is 24.6. The van der Waals surface area contributed by atoms with Crippen molar-refractivity contribution in [3.05, 3.63) is 98.4 Å². The highest BCUT2D eigenvalue weighted by Gasteiger charge is 2.56. The summed E-state index contributed by atoms with van der Waals surface area (Å²) in [5, 5.41) is 21.1. The second-order valence-electron chi connectivity index (χ2n) is 10.2. The first-order valence-electron chi connectivity index (χ1n) is 12.4. The predicted octanol–water partition coefficient (Wildman–Crippen LogP) is 4.07. The topological polar surface area (TPSA) is 135 Å². The van der Waals surface area contributed by atoms with Gasteiger partial charge >= 0.3 is 0 Å². The molecule has 39 heavy (non-hydrogen) atoms. The van der Waals surface area contributed by atoms with E-state index in [0.717, 1.165) is 11.0 Å². The lowest BCUT2D eigenvalue weighted by Crippen LogP contribution is -2.39. The van der Waals surface area contributed by atoms with Gasteiger partial charge in [0.15, 0.2) is 23.1 Å². The summed E-state index contributed by atoms with van der Waals surface area (Å²) in [4.78, 5) is 65.5. The van der Waals surface area contributed by atoms with Crippen molar-refractivity contribution in [2.45, 2.75) is 25.7 Å². The normalized spacial score (nSPS) is 26.2. The third-order valence-electron chi connectivity index (χ3n) is 8.17. The summed E-state index contributed by atoms with van der Waals surface area (Å²) in [6.45, 7) is 1.53. The quantitative estimate of drug-likeness (QED) is 0.209. The maximum atomic E-state index is 14.5. The number of hydrogen-bond acceptors (Lipinski definition) is 7. The summed E-state index contributed by atoms with van der Waals surface area (Å²) < 4.78 is 14.5. The number of non-ortho nitro benzene ring substituents is 1. The highest BCUT2D eigenvalue weighted by molar-refractivity contribution is 6.25. The minimum Gasteiger partial charge on any atom is -0.505 e. The number of hydrogen-bond donors (Lipinski definition) is 1. The molecule has 0 radical (unpaired) electrons.